The minimum Gasteiger partial charge on any atom is -0.325 e. The van der Waals surface area contributed by atoms with Gasteiger partial charge in [0.2, 0.25) is 5.91 Å². The van der Waals surface area contributed by atoms with E-state index in [1.54, 1.807) is 42.5 Å². The second kappa shape index (κ2) is 15.2. The molecular formula is C37H33N3O3S2. The van der Waals surface area contributed by atoms with E-state index in [2.05, 4.69) is 29.8 Å². The third-order valence-electron chi connectivity index (χ3n) is 6.91. The van der Waals surface area contributed by atoms with Gasteiger partial charge in [-0.2, -0.15) is 0 Å². The van der Waals surface area contributed by atoms with Crippen molar-refractivity contribution in [2.75, 3.05) is 10.6 Å². The summed E-state index contributed by atoms with van der Waals surface area (Å²) in [5.41, 5.74) is 3.98. The number of amides is 3. The van der Waals surface area contributed by atoms with Gasteiger partial charge in [-0.05, 0) is 83.1 Å². The molecule has 0 aliphatic carbocycles. The van der Waals surface area contributed by atoms with Gasteiger partial charge in [-0.15, -0.1) is 23.1 Å². The Morgan fingerprint density at radius 2 is 1.31 bits per heavy atom. The highest BCUT2D eigenvalue weighted by Gasteiger charge is 2.23. The van der Waals surface area contributed by atoms with Gasteiger partial charge < -0.3 is 16.0 Å². The number of anilines is 2. The first kappa shape index (κ1) is 31.5. The molecule has 0 aliphatic heterocycles. The average molecular weight is 632 g/mol. The van der Waals surface area contributed by atoms with Crippen molar-refractivity contribution in [2.45, 2.75) is 29.9 Å². The molecule has 8 heteroatoms. The number of thioether (sulfide) groups is 1. The average Bonchev–Trinajstić information content (AvgIpc) is 3.58. The van der Waals surface area contributed by atoms with Crippen molar-refractivity contribution in [1.29, 1.82) is 0 Å². The molecule has 1 heterocycles. The van der Waals surface area contributed by atoms with Gasteiger partial charge >= 0.3 is 0 Å². The van der Waals surface area contributed by atoms with Crippen molar-refractivity contribution in [2.24, 2.45) is 0 Å². The van der Waals surface area contributed by atoms with Gasteiger partial charge in [0.25, 0.3) is 11.8 Å². The van der Waals surface area contributed by atoms with Crippen LogP contribution < -0.4 is 16.0 Å². The summed E-state index contributed by atoms with van der Waals surface area (Å²) in [4.78, 5) is 41.4. The molecule has 5 aromatic rings. The third-order valence-corrected chi connectivity index (χ3v) is 9.00. The lowest BCUT2D eigenvalue weighted by Gasteiger charge is -2.18. The minimum atomic E-state index is -0.495. The molecule has 0 saturated heterocycles. The summed E-state index contributed by atoms with van der Waals surface area (Å²) in [6, 6.07) is 37.4. The number of benzene rings is 4. The summed E-state index contributed by atoms with van der Waals surface area (Å²) in [5, 5.41) is 10.1. The zero-order valence-corrected chi connectivity index (χ0v) is 26.5. The molecule has 0 spiro atoms. The first-order valence-electron chi connectivity index (χ1n) is 14.5. The van der Waals surface area contributed by atoms with E-state index in [9.17, 15) is 14.4 Å². The van der Waals surface area contributed by atoms with Crippen LogP contribution in [0.25, 0.3) is 6.08 Å². The molecule has 45 heavy (non-hydrogen) atoms. The number of carbonyl (C=O) groups excluding carboxylic acids is 3. The van der Waals surface area contributed by atoms with Gasteiger partial charge in [0, 0.05) is 26.7 Å². The molecule has 3 amide bonds. The number of carbonyl (C=O) groups is 3. The van der Waals surface area contributed by atoms with E-state index < -0.39 is 11.2 Å². The van der Waals surface area contributed by atoms with E-state index in [1.807, 2.05) is 90.3 Å². The lowest BCUT2D eigenvalue weighted by Crippen LogP contribution is -2.30. The monoisotopic (exact) mass is 631 g/mol. The number of thiophene rings is 1. The normalized spacial score (nSPS) is 11.9. The van der Waals surface area contributed by atoms with Gasteiger partial charge in [-0.25, -0.2) is 0 Å². The highest BCUT2D eigenvalue weighted by molar-refractivity contribution is 8.00. The van der Waals surface area contributed by atoms with Crippen LogP contribution in [0.1, 0.15) is 51.4 Å². The van der Waals surface area contributed by atoms with E-state index in [-0.39, 0.29) is 17.5 Å². The van der Waals surface area contributed by atoms with Crippen LogP contribution in [0.2, 0.25) is 0 Å². The number of hydrogen-bond acceptors (Lipinski definition) is 5. The predicted molar refractivity (Wildman–Crippen MR) is 185 cm³/mol. The zero-order valence-electron chi connectivity index (χ0n) is 24.9. The quantitative estimate of drug-likeness (QED) is 0.100. The maximum Gasteiger partial charge on any atom is 0.272 e. The second-order valence-electron chi connectivity index (χ2n) is 10.5. The Hall–Kier alpha value is -4.92. The van der Waals surface area contributed by atoms with E-state index in [0.717, 1.165) is 21.0 Å². The Bertz CT molecular complexity index is 1750. The zero-order chi connectivity index (χ0) is 31.6. The molecule has 4 aromatic carbocycles. The summed E-state index contributed by atoms with van der Waals surface area (Å²) >= 11 is 2.89. The molecule has 1 aromatic heterocycles. The first-order valence-corrected chi connectivity index (χ1v) is 16.3. The minimum absolute atomic E-state index is 0.126. The number of nitrogens with one attached hydrogen (secondary N) is 3. The lowest BCUT2D eigenvalue weighted by molar-refractivity contribution is -0.116. The molecule has 1 atom stereocenters. The summed E-state index contributed by atoms with van der Waals surface area (Å²) in [7, 11) is 0. The van der Waals surface area contributed by atoms with Crippen molar-refractivity contribution in [1.82, 2.24) is 5.32 Å². The van der Waals surface area contributed by atoms with Crippen molar-refractivity contribution < 1.29 is 14.4 Å². The van der Waals surface area contributed by atoms with E-state index >= 15 is 0 Å². The summed E-state index contributed by atoms with van der Waals surface area (Å²) in [5.74, 6) is -0.537. The number of rotatable bonds is 11. The Morgan fingerprint density at radius 1 is 0.689 bits per heavy atom. The summed E-state index contributed by atoms with van der Waals surface area (Å²) in [6.45, 7) is 4.27. The fraction of sp³-hybridized carbons (Fsp3) is 0.108. The van der Waals surface area contributed by atoms with E-state index in [4.69, 9.17) is 0 Å². The lowest BCUT2D eigenvalue weighted by atomic mass is 10.0. The molecule has 0 radical (unpaired) electrons. The van der Waals surface area contributed by atoms with E-state index in [0.29, 0.717) is 17.2 Å². The van der Waals surface area contributed by atoms with Crippen LogP contribution in [-0.4, -0.2) is 17.7 Å². The fourth-order valence-corrected chi connectivity index (χ4v) is 6.15. The molecule has 6 nitrogen and oxygen atoms in total. The Morgan fingerprint density at radius 3 is 1.93 bits per heavy atom. The highest BCUT2D eigenvalue weighted by Crippen LogP contribution is 2.37. The Kier molecular flexibility index (Phi) is 10.6. The summed E-state index contributed by atoms with van der Waals surface area (Å²) in [6.07, 6.45) is 1.66. The maximum atomic E-state index is 13.5. The van der Waals surface area contributed by atoms with Crippen molar-refractivity contribution in [3.63, 3.8) is 0 Å². The number of hydrogen-bond donors (Lipinski definition) is 3. The first-order chi connectivity index (χ1) is 21.9. The molecule has 3 N–H and O–H groups in total. The van der Waals surface area contributed by atoms with Gasteiger partial charge in [0.1, 0.15) is 10.9 Å². The van der Waals surface area contributed by atoms with Crippen LogP contribution in [0.3, 0.4) is 0 Å². The Balaban J connectivity index is 1.29. The molecule has 5 rings (SSSR count). The van der Waals surface area contributed by atoms with Gasteiger partial charge in [-0.3, -0.25) is 14.4 Å². The standard InChI is InChI=1S/C37H33N3O3S2/c1-25(2)26-15-17-29(18-16-26)39-37(43)34(27-10-5-3-6-11-27)45-31-21-19-30(20-22-31)38-36(42)33(24-32-14-9-23-44-32)40-35(41)28-12-7-4-8-13-28/h3-25,34H,1-2H3,(H,38,42)(H,39,43)(H,40,41)/b33-24-. The highest BCUT2D eigenvalue weighted by atomic mass is 32.2. The van der Waals surface area contributed by atoms with Crippen molar-refractivity contribution in [3.8, 4) is 0 Å². The van der Waals surface area contributed by atoms with Crippen LogP contribution >= 0.6 is 23.1 Å². The SMILES string of the molecule is CC(C)c1ccc(NC(=O)C(Sc2ccc(NC(=O)/C(=C/c3cccs3)NC(=O)c3ccccc3)cc2)c2ccccc2)cc1. The fourth-order valence-electron chi connectivity index (χ4n) is 4.47. The van der Waals surface area contributed by atoms with E-state index in [1.165, 1.54) is 28.7 Å². The molecular weight excluding hydrogens is 599 g/mol. The van der Waals surface area contributed by atoms with Crippen molar-refractivity contribution in [3.05, 3.63) is 154 Å². The molecule has 226 valence electrons. The molecule has 0 fully saturated rings. The molecule has 1 unspecified atom stereocenters. The summed E-state index contributed by atoms with van der Waals surface area (Å²) < 4.78 is 0. The molecule has 0 saturated carbocycles. The van der Waals surface area contributed by atoms with Gasteiger partial charge in [-0.1, -0.05) is 80.6 Å². The second-order valence-corrected chi connectivity index (χ2v) is 12.7. The largest absolute Gasteiger partial charge is 0.325 e. The van der Waals surface area contributed by atoms with Crippen LogP contribution in [0.5, 0.6) is 0 Å². The van der Waals surface area contributed by atoms with Gasteiger partial charge in [0.15, 0.2) is 0 Å². The van der Waals surface area contributed by atoms with Crippen LogP contribution in [0.4, 0.5) is 11.4 Å². The maximum absolute atomic E-state index is 13.5. The van der Waals surface area contributed by atoms with Gasteiger partial charge in [0.05, 0.1) is 0 Å². The molecule has 0 bridgehead atoms. The topological polar surface area (TPSA) is 87.3 Å². The predicted octanol–water partition coefficient (Wildman–Crippen LogP) is 8.75. The smallest absolute Gasteiger partial charge is 0.272 e. The third kappa shape index (κ3) is 8.81. The van der Waals surface area contributed by atoms with Crippen LogP contribution in [0.15, 0.2) is 137 Å². The Labute approximate surface area is 271 Å². The van der Waals surface area contributed by atoms with Crippen LogP contribution in [0, 0.1) is 0 Å². The molecule has 0 aliphatic rings. The van der Waals surface area contributed by atoms with Crippen molar-refractivity contribution >= 4 is 58.3 Å². The van der Waals surface area contributed by atoms with Crippen LogP contribution in [-0.2, 0) is 9.59 Å².